The molecule has 2 aliphatic rings. The molecule has 0 unspecified atom stereocenters. The van der Waals surface area contributed by atoms with Crippen molar-refractivity contribution in [2.45, 2.75) is 55.9 Å². The molecule has 7 heteroatoms. The van der Waals surface area contributed by atoms with Crippen LogP contribution in [0.15, 0.2) is 23.1 Å². The lowest BCUT2D eigenvalue weighted by molar-refractivity contribution is -0.132. The van der Waals surface area contributed by atoms with Gasteiger partial charge in [-0.1, -0.05) is 6.07 Å². The number of benzene rings is 1. The fourth-order valence-corrected chi connectivity index (χ4v) is 4.64. The van der Waals surface area contributed by atoms with Gasteiger partial charge in [-0.05, 0) is 61.8 Å². The molecular weight excluding hydrogens is 338 g/mol. The molecule has 0 spiro atoms. The van der Waals surface area contributed by atoms with E-state index in [2.05, 4.69) is 4.72 Å². The smallest absolute Gasteiger partial charge is 0.240 e. The summed E-state index contributed by atoms with van der Waals surface area (Å²) in [6.45, 7) is 1.45. The molecule has 3 N–H and O–H groups in total. The van der Waals surface area contributed by atoms with Crippen molar-refractivity contribution in [1.82, 2.24) is 9.62 Å². The van der Waals surface area contributed by atoms with Crippen LogP contribution in [0.25, 0.3) is 0 Å². The van der Waals surface area contributed by atoms with Gasteiger partial charge in [0.05, 0.1) is 4.90 Å². The number of rotatable bonds is 5. The summed E-state index contributed by atoms with van der Waals surface area (Å²) in [7, 11) is -3.57. The number of fused-ring (bicyclic) bond motifs is 1. The Morgan fingerprint density at radius 1 is 1.16 bits per heavy atom. The zero-order chi connectivity index (χ0) is 17.9. The maximum absolute atomic E-state index is 12.5. The Morgan fingerprint density at radius 3 is 2.56 bits per heavy atom. The van der Waals surface area contributed by atoms with Gasteiger partial charge in [0.15, 0.2) is 0 Å². The molecule has 0 radical (unpaired) electrons. The second-order valence-corrected chi connectivity index (χ2v) is 8.77. The second-order valence-electron chi connectivity index (χ2n) is 7.00. The fourth-order valence-electron chi connectivity index (χ4n) is 3.56. The lowest BCUT2D eigenvalue weighted by atomic mass is 9.92. The first-order chi connectivity index (χ1) is 12.0. The average Bonchev–Trinajstić information content (AvgIpc) is 2.61. The molecule has 0 bridgehead atoms. The summed E-state index contributed by atoms with van der Waals surface area (Å²) in [5.74, 6) is -0.0139. The van der Waals surface area contributed by atoms with Crippen LogP contribution in [-0.4, -0.2) is 44.9 Å². The molecule has 1 aromatic rings. The summed E-state index contributed by atoms with van der Waals surface area (Å²) >= 11 is 0. The van der Waals surface area contributed by atoms with E-state index in [1.165, 1.54) is 12.0 Å². The van der Waals surface area contributed by atoms with Crippen molar-refractivity contribution in [3.05, 3.63) is 29.3 Å². The number of hydrogen-bond acceptors (Lipinski definition) is 4. The SMILES string of the molecule is NC1CCN(C(=O)CCNS(=O)(=O)c2ccc3c(c2)CCCC3)CC1. The van der Waals surface area contributed by atoms with Gasteiger partial charge in [0.25, 0.3) is 0 Å². The third-order valence-electron chi connectivity index (χ3n) is 5.15. The van der Waals surface area contributed by atoms with Gasteiger partial charge < -0.3 is 10.6 Å². The van der Waals surface area contributed by atoms with Crippen LogP contribution in [0.4, 0.5) is 0 Å². The number of nitrogens with two attached hydrogens (primary N) is 1. The molecule has 6 nitrogen and oxygen atoms in total. The van der Waals surface area contributed by atoms with E-state index < -0.39 is 10.0 Å². The van der Waals surface area contributed by atoms with Crippen molar-refractivity contribution in [1.29, 1.82) is 0 Å². The van der Waals surface area contributed by atoms with Gasteiger partial charge in [-0.2, -0.15) is 0 Å². The summed E-state index contributed by atoms with van der Waals surface area (Å²) in [4.78, 5) is 14.2. The fraction of sp³-hybridized carbons (Fsp3) is 0.611. The largest absolute Gasteiger partial charge is 0.343 e. The predicted octanol–water partition coefficient (Wildman–Crippen LogP) is 1.18. The van der Waals surface area contributed by atoms with Crippen LogP contribution >= 0.6 is 0 Å². The first-order valence-electron chi connectivity index (χ1n) is 9.10. The third kappa shape index (κ3) is 4.59. The number of likely N-dealkylation sites (tertiary alicyclic amines) is 1. The highest BCUT2D eigenvalue weighted by atomic mass is 32.2. The summed E-state index contributed by atoms with van der Waals surface area (Å²) in [5, 5.41) is 0. The molecule has 1 amide bonds. The van der Waals surface area contributed by atoms with Gasteiger partial charge in [0.2, 0.25) is 15.9 Å². The quantitative estimate of drug-likeness (QED) is 0.820. The lowest BCUT2D eigenvalue weighted by Crippen LogP contribution is -2.43. The van der Waals surface area contributed by atoms with Crippen LogP contribution in [0.2, 0.25) is 0 Å². The average molecular weight is 365 g/mol. The van der Waals surface area contributed by atoms with Gasteiger partial charge >= 0.3 is 0 Å². The molecule has 1 aliphatic carbocycles. The van der Waals surface area contributed by atoms with E-state index in [1.807, 2.05) is 6.07 Å². The van der Waals surface area contributed by atoms with E-state index in [1.54, 1.807) is 17.0 Å². The van der Waals surface area contributed by atoms with Crippen LogP contribution in [0, 0.1) is 0 Å². The van der Waals surface area contributed by atoms with E-state index >= 15 is 0 Å². The number of nitrogens with zero attached hydrogens (tertiary/aromatic N) is 1. The van der Waals surface area contributed by atoms with Crippen LogP contribution in [-0.2, 0) is 27.7 Å². The molecule has 1 fully saturated rings. The first kappa shape index (κ1) is 18.4. The molecule has 1 saturated heterocycles. The normalized spacial score (nSPS) is 18.8. The minimum absolute atomic E-state index is 0.0139. The molecule has 0 atom stereocenters. The number of sulfonamides is 1. The Balaban J connectivity index is 1.54. The van der Waals surface area contributed by atoms with E-state index in [9.17, 15) is 13.2 Å². The summed E-state index contributed by atoms with van der Waals surface area (Å²) < 4.78 is 27.5. The van der Waals surface area contributed by atoms with E-state index in [0.29, 0.717) is 18.0 Å². The van der Waals surface area contributed by atoms with Crippen LogP contribution in [0.1, 0.15) is 43.2 Å². The highest BCUT2D eigenvalue weighted by Crippen LogP contribution is 2.24. The minimum atomic E-state index is -3.57. The maximum atomic E-state index is 12.5. The highest BCUT2D eigenvalue weighted by molar-refractivity contribution is 7.89. The first-order valence-corrected chi connectivity index (χ1v) is 10.6. The van der Waals surface area contributed by atoms with Crippen molar-refractivity contribution in [2.24, 2.45) is 5.73 Å². The molecule has 25 heavy (non-hydrogen) atoms. The second kappa shape index (κ2) is 7.85. The Labute approximate surface area is 149 Å². The molecule has 0 aromatic heterocycles. The van der Waals surface area contributed by atoms with Gasteiger partial charge in [-0.15, -0.1) is 0 Å². The molecule has 1 heterocycles. The number of amides is 1. The van der Waals surface area contributed by atoms with E-state index in [4.69, 9.17) is 5.73 Å². The minimum Gasteiger partial charge on any atom is -0.343 e. The third-order valence-corrected chi connectivity index (χ3v) is 6.61. The van der Waals surface area contributed by atoms with Gasteiger partial charge in [-0.3, -0.25) is 4.79 Å². The summed E-state index contributed by atoms with van der Waals surface area (Å²) in [6, 6.07) is 5.54. The molecule has 3 rings (SSSR count). The number of carbonyl (C=O) groups excluding carboxylic acids is 1. The Kier molecular flexibility index (Phi) is 5.76. The maximum Gasteiger partial charge on any atom is 0.240 e. The number of nitrogens with one attached hydrogen (secondary N) is 1. The van der Waals surface area contributed by atoms with Crippen molar-refractivity contribution in [3.63, 3.8) is 0 Å². The number of piperidine rings is 1. The Hall–Kier alpha value is -1.44. The summed E-state index contributed by atoms with van der Waals surface area (Å²) in [5.41, 5.74) is 8.23. The Bertz CT molecular complexity index is 725. The predicted molar refractivity (Wildman–Crippen MR) is 96.7 cm³/mol. The van der Waals surface area contributed by atoms with Gasteiger partial charge in [0, 0.05) is 32.1 Å². The Morgan fingerprint density at radius 2 is 1.84 bits per heavy atom. The zero-order valence-corrected chi connectivity index (χ0v) is 15.4. The van der Waals surface area contributed by atoms with Gasteiger partial charge in [0.1, 0.15) is 0 Å². The summed E-state index contributed by atoms with van der Waals surface area (Å²) in [6.07, 6.45) is 6.04. The molecule has 1 aromatic carbocycles. The highest BCUT2D eigenvalue weighted by Gasteiger charge is 2.22. The van der Waals surface area contributed by atoms with Crippen LogP contribution in [0.5, 0.6) is 0 Å². The van der Waals surface area contributed by atoms with E-state index in [-0.39, 0.29) is 24.9 Å². The number of aryl methyl sites for hydroxylation is 2. The van der Waals surface area contributed by atoms with Crippen molar-refractivity contribution < 1.29 is 13.2 Å². The number of carbonyl (C=O) groups is 1. The van der Waals surface area contributed by atoms with Crippen LogP contribution in [0.3, 0.4) is 0 Å². The number of hydrogen-bond donors (Lipinski definition) is 2. The molecular formula is C18H27N3O3S. The monoisotopic (exact) mass is 365 g/mol. The zero-order valence-electron chi connectivity index (χ0n) is 14.5. The van der Waals surface area contributed by atoms with Crippen molar-refractivity contribution in [3.8, 4) is 0 Å². The molecule has 1 aliphatic heterocycles. The lowest BCUT2D eigenvalue weighted by Gasteiger charge is -2.30. The molecule has 138 valence electrons. The van der Waals surface area contributed by atoms with Crippen molar-refractivity contribution in [2.75, 3.05) is 19.6 Å². The standard InChI is InChI=1S/C18H27N3O3S/c19-16-8-11-21(12-9-16)18(22)7-10-20-25(23,24)17-6-5-14-3-1-2-4-15(14)13-17/h5-6,13,16,20H,1-4,7-12,19H2. The van der Waals surface area contributed by atoms with E-state index in [0.717, 1.165) is 37.7 Å². The van der Waals surface area contributed by atoms with Crippen molar-refractivity contribution >= 4 is 15.9 Å². The van der Waals surface area contributed by atoms with Crippen LogP contribution < -0.4 is 10.5 Å². The van der Waals surface area contributed by atoms with Gasteiger partial charge in [-0.25, -0.2) is 13.1 Å². The topological polar surface area (TPSA) is 92.5 Å². The molecule has 0 saturated carbocycles.